The van der Waals surface area contributed by atoms with Gasteiger partial charge in [0.15, 0.2) is 0 Å². The van der Waals surface area contributed by atoms with Crippen LogP contribution in [-0.2, 0) is 11.3 Å². The molecule has 1 aliphatic rings. The molecular formula is C21H23FN2O2. The van der Waals surface area contributed by atoms with E-state index in [0.29, 0.717) is 23.9 Å². The molecule has 5 heteroatoms. The average Bonchev–Trinajstić information content (AvgIpc) is 2.65. The van der Waals surface area contributed by atoms with Crippen molar-refractivity contribution in [2.75, 3.05) is 5.32 Å². The molecule has 0 atom stereocenters. The van der Waals surface area contributed by atoms with Gasteiger partial charge < -0.3 is 5.32 Å². The lowest BCUT2D eigenvalue weighted by atomic mass is 9.77. The van der Waals surface area contributed by atoms with Gasteiger partial charge in [-0.05, 0) is 72.9 Å². The van der Waals surface area contributed by atoms with Crippen molar-refractivity contribution < 1.29 is 9.18 Å². The topological polar surface area (TPSA) is 58.5 Å². The van der Waals surface area contributed by atoms with Gasteiger partial charge >= 0.3 is 0 Å². The minimum Gasteiger partial charge on any atom is -0.326 e. The Balaban J connectivity index is 1.46. The van der Waals surface area contributed by atoms with Crippen LogP contribution < -0.4 is 5.32 Å². The second kappa shape index (κ2) is 8.70. The summed E-state index contributed by atoms with van der Waals surface area (Å²) in [5, 5.41) is 5.75. The van der Waals surface area contributed by atoms with Crippen LogP contribution in [0.5, 0.6) is 0 Å². The van der Waals surface area contributed by atoms with Crippen molar-refractivity contribution in [1.82, 2.24) is 0 Å². The van der Waals surface area contributed by atoms with Crippen molar-refractivity contribution >= 4 is 11.6 Å². The average molecular weight is 354 g/mol. The van der Waals surface area contributed by atoms with Crippen molar-refractivity contribution in [2.24, 2.45) is 11.1 Å². The molecule has 0 aromatic heterocycles. The fourth-order valence-corrected chi connectivity index (χ4v) is 3.68. The highest BCUT2D eigenvalue weighted by atomic mass is 19.1. The number of carbonyl (C=O) groups is 1. The number of hydrogen-bond donors (Lipinski definition) is 1. The van der Waals surface area contributed by atoms with E-state index in [1.54, 1.807) is 12.1 Å². The van der Waals surface area contributed by atoms with E-state index in [0.717, 1.165) is 31.2 Å². The molecule has 0 bridgehead atoms. The molecule has 1 N–H and O–H groups in total. The van der Waals surface area contributed by atoms with E-state index >= 15 is 0 Å². The molecule has 0 saturated heterocycles. The highest BCUT2D eigenvalue weighted by molar-refractivity contribution is 5.90. The Bertz CT molecular complexity index is 736. The molecule has 0 radical (unpaired) electrons. The number of nitrogens with one attached hydrogen (secondary N) is 1. The molecule has 0 unspecified atom stereocenters. The third-order valence-corrected chi connectivity index (χ3v) is 5.15. The Morgan fingerprint density at radius 3 is 2.27 bits per heavy atom. The van der Waals surface area contributed by atoms with E-state index in [1.807, 2.05) is 12.1 Å². The van der Waals surface area contributed by atoms with Crippen molar-refractivity contribution in [3.05, 3.63) is 70.4 Å². The van der Waals surface area contributed by atoms with Gasteiger partial charge in [-0.15, -0.1) is 0 Å². The van der Waals surface area contributed by atoms with E-state index in [-0.39, 0.29) is 18.3 Å². The van der Waals surface area contributed by atoms with Crippen LogP contribution in [0.2, 0.25) is 0 Å². The molecule has 0 heterocycles. The van der Waals surface area contributed by atoms with E-state index < -0.39 is 0 Å². The number of amides is 1. The molecule has 3 rings (SSSR count). The SMILES string of the molecule is O=NCc1ccc(C2CCC(CC(=O)Nc3ccc(F)cc3)CC2)cc1. The molecule has 1 fully saturated rings. The van der Waals surface area contributed by atoms with E-state index in [2.05, 4.69) is 22.6 Å². The number of halogens is 1. The third kappa shape index (κ3) is 4.97. The first-order chi connectivity index (χ1) is 12.6. The minimum atomic E-state index is -0.309. The number of anilines is 1. The van der Waals surface area contributed by atoms with Crippen LogP contribution in [0, 0.1) is 16.6 Å². The summed E-state index contributed by atoms with van der Waals surface area (Å²) in [6.45, 7) is 0.218. The standard InChI is InChI=1S/C21H23FN2O2/c22-19-9-11-20(12-10-19)24-21(25)13-15-1-5-17(6-2-15)18-7-3-16(4-8-18)14-23-26/h3-4,7-12,15,17H,1-2,5-6,13-14H2,(H,24,25). The van der Waals surface area contributed by atoms with Crippen molar-refractivity contribution in [3.8, 4) is 0 Å². The fourth-order valence-electron chi connectivity index (χ4n) is 3.68. The van der Waals surface area contributed by atoms with Gasteiger partial charge in [0.1, 0.15) is 12.4 Å². The molecule has 2 aromatic carbocycles. The fraction of sp³-hybridized carbons (Fsp3) is 0.381. The first-order valence-corrected chi connectivity index (χ1v) is 9.07. The zero-order chi connectivity index (χ0) is 18.4. The summed E-state index contributed by atoms with van der Waals surface area (Å²) in [4.78, 5) is 22.5. The Labute approximate surface area is 152 Å². The van der Waals surface area contributed by atoms with Gasteiger partial charge in [0, 0.05) is 12.1 Å². The molecule has 1 aliphatic carbocycles. The van der Waals surface area contributed by atoms with Gasteiger partial charge in [0.25, 0.3) is 0 Å². The molecule has 136 valence electrons. The number of benzene rings is 2. The van der Waals surface area contributed by atoms with E-state index in [9.17, 15) is 14.1 Å². The summed E-state index contributed by atoms with van der Waals surface area (Å²) in [6.07, 6.45) is 4.70. The first-order valence-electron chi connectivity index (χ1n) is 9.07. The zero-order valence-corrected chi connectivity index (χ0v) is 14.7. The van der Waals surface area contributed by atoms with Crippen LogP contribution in [-0.4, -0.2) is 5.91 Å². The maximum absolute atomic E-state index is 12.9. The quantitative estimate of drug-likeness (QED) is 0.707. The Hall–Kier alpha value is -2.56. The minimum absolute atomic E-state index is 0.00854. The second-order valence-corrected chi connectivity index (χ2v) is 7.01. The molecular weight excluding hydrogens is 331 g/mol. The molecule has 1 amide bonds. The van der Waals surface area contributed by atoms with Gasteiger partial charge in [0.2, 0.25) is 5.91 Å². The van der Waals surface area contributed by atoms with Crippen LogP contribution in [0.15, 0.2) is 53.7 Å². The summed E-state index contributed by atoms with van der Waals surface area (Å²) in [5.74, 6) is 0.595. The molecule has 2 aromatic rings. The summed E-state index contributed by atoms with van der Waals surface area (Å²) < 4.78 is 12.9. The summed E-state index contributed by atoms with van der Waals surface area (Å²) >= 11 is 0. The van der Waals surface area contributed by atoms with Crippen LogP contribution in [0.25, 0.3) is 0 Å². The van der Waals surface area contributed by atoms with Crippen LogP contribution in [0.3, 0.4) is 0 Å². The number of nitroso groups, excluding NO2 is 1. The van der Waals surface area contributed by atoms with E-state index in [4.69, 9.17) is 0 Å². The van der Waals surface area contributed by atoms with Gasteiger partial charge in [-0.2, -0.15) is 4.91 Å². The summed E-state index contributed by atoms with van der Waals surface area (Å²) in [5.41, 5.74) is 2.87. The Kier molecular flexibility index (Phi) is 6.10. The van der Waals surface area contributed by atoms with Crippen LogP contribution in [0.4, 0.5) is 10.1 Å². The Morgan fingerprint density at radius 2 is 1.65 bits per heavy atom. The van der Waals surface area contributed by atoms with Gasteiger partial charge in [-0.25, -0.2) is 4.39 Å². The number of carbonyl (C=O) groups excluding carboxylic acids is 1. The highest BCUT2D eigenvalue weighted by Crippen LogP contribution is 2.37. The molecule has 26 heavy (non-hydrogen) atoms. The number of nitrogens with zero attached hydrogens (tertiary/aromatic N) is 1. The van der Waals surface area contributed by atoms with Crippen molar-refractivity contribution in [3.63, 3.8) is 0 Å². The second-order valence-electron chi connectivity index (χ2n) is 7.01. The van der Waals surface area contributed by atoms with Gasteiger partial charge in [-0.3, -0.25) is 4.79 Å². The largest absolute Gasteiger partial charge is 0.326 e. The maximum atomic E-state index is 12.9. The predicted molar refractivity (Wildman–Crippen MR) is 100 cm³/mol. The zero-order valence-electron chi connectivity index (χ0n) is 14.7. The lowest BCUT2D eigenvalue weighted by molar-refractivity contribution is -0.117. The Morgan fingerprint density at radius 1 is 1.00 bits per heavy atom. The van der Waals surface area contributed by atoms with Crippen molar-refractivity contribution in [2.45, 2.75) is 44.6 Å². The maximum Gasteiger partial charge on any atom is 0.224 e. The monoisotopic (exact) mass is 354 g/mol. The third-order valence-electron chi connectivity index (χ3n) is 5.15. The summed E-state index contributed by atoms with van der Waals surface area (Å²) in [6, 6.07) is 14.0. The number of hydrogen-bond acceptors (Lipinski definition) is 3. The molecule has 1 saturated carbocycles. The van der Waals surface area contributed by atoms with Gasteiger partial charge in [0.05, 0.1) is 0 Å². The van der Waals surface area contributed by atoms with Crippen molar-refractivity contribution in [1.29, 1.82) is 0 Å². The molecule has 0 spiro atoms. The highest BCUT2D eigenvalue weighted by Gasteiger charge is 2.24. The van der Waals surface area contributed by atoms with E-state index in [1.165, 1.54) is 17.7 Å². The smallest absolute Gasteiger partial charge is 0.224 e. The van der Waals surface area contributed by atoms with Crippen LogP contribution >= 0.6 is 0 Å². The van der Waals surface area contributed by atoms with Gasteiger partial charge in [-0.1, -0.05) is 29.4 Å². The normalized spacial score (nSPS) is 19.7. The summed E-state index contributed by atoms with van der Waals surface area (Å²) in [7, 11) is 0. The first kappa shape index (κ1) is 18.2. The molecule has 4 nitrogen and oxygen atoms in total. The molecule has 0 aliphatic heterocycles. The lowest BCUT2D eigenvalue weighted by Gasteiger charge is -2.28. The predicted octanol–water partition coefficient (Wildman–Crippen LogP) is 5.39. The van der Waals surface area contributed by atoms with Crippen LogP contribution in [0.1, 0.15) is 49.1 Å². The number of rotatable bonds is 6. The lowest BCUT2D eigenvalue weighted by Crippen LogP contribution is -2.20.